The number of rotatable bonds is 3. The monoisotopic (exact) mass is 206 g/mol. The van der Waals surface area contributed by atoms with Gasteiger partial charge in [-0.15, -0.1) is 0 Å². The maximum absolute atomic E-state index is 10.8. The predicted molar refractivity (Wildman–Crippen MR) is 52.2 cm³/mol. The molecule has 4 heteroatoms. The highest BCUT2D eigenvalue weighted by Crippen LogP contribution is 2.28. The second-order valence-corrected chi connectivity index (χ2v) is 5.90. The molecule has 1 aliphatic rings. The van der Waals surface area contributed by atoms with Gasteiger partial charge in [0.2, 0.25) is 0 Å². The molecule has 0 aliphatic heterocycles. The molecule has 0 heterocycles. The number of hydrogen-bond donors (Lipinski definition) is 1. The Bertz CT molecular complexity index is 240. The van der Waals surface area contributed by atoms with Crippen molar-refractivity contribution >= 4 is 10.1 Å². The van der Waals surface area contributed by atoms with E-state index in [-0.39, 0.29) is 0 Å². The van der Waals surface area contributed by atoms with E-state index >= 15 is 0 Å². The average molecular weight is 206 g/mol. The molecule has 0 spiro atoms. The molecule has 0 saturated heterocycles. The Morgan fingerprint density at radius 2 is 1.85 bits per heavy atom. The minimum Gasteiger partial charge on any atom is -0.285 e. The lowest BCUT2D eigenvalue weighted by Gasteiger charge is -2.23. The normalized spacial score (nSPS) is 22.9. The van der Waals surface area contributed by atoms with Gasteiger partial charge in [-0.2, -0.15) is 8.42 Å². The summed E-state index contributed by atoms with van der Waals surface area (Å²) in [6, 6.07) is 0. The lowest BCUT2D eigenvalue weighted by molar-refractivity contribution is 0.331. The fourth-order valence-electron chi connectivity index (χ4n) is 2.01. The van der Waals surface area contributed by atoms with E-state index in [2.05, 4.69) is 0 Å². The molecular weight excluding hydrogens is 188 g/mol. The van der Waals surface area contributed by atoms with Gasteiger partial charge in [0.05, 0.1) is 5.25 Å². The summed E-state index contributed by atoms with van der Waals surface area (Å²) in [6.07, 6.45) is 6.57. The van der Waals surface area contributed by atoms with E-state index < -0.39 is 15.4 Å². The standard InChI is InChI=1S/C9H18O3S/c1-8(13(10,11)12)7-9-5-3-2-4-6-9/h8-9H,2-7H2,1H3,(H,10,11,12). The first-order valence-electron chi connectivity index (χ1n) is 4.96. The predicted octanol–water partition coefficient (Wildman–Crippen LogP) is 2.23. The Morgan fingerprint density at radius 1 is 1.31 bits per heavy atom. The zero-order valence-corrected chi connectivity index (χ0v) is 8.89. The van der Waals surface area contributed by atoms with E-state index in [9.17, 15) is 8.42 Å². The maximum Gasteiger partial charge on any atom is 0.267 e. The van der Waals surface area contributed by atoms with Crippen LogP contribution in [0.2, 0.25) is 0 Å². The quantitative estimate of drug-likeness (QED) is 0.720. The van der Waals surface area contributed by atoms with Crippen LogP contribution in [0.3, 0.4) is 0 Å². The molecule has 0 bridgehead atoms. The van der Waals surface area contributed by atoms with Crippen molar-refractivity contribution in [2.45, 2.75) is 50.7 Å². The second kappa shape index (κ2) is 4.42. The van der Waals surface area contributed by atoms with Gasteiger partial charge in [0.15, 0.2) is 0 Å². The van der Waals surface area contributed by atoms with Gasteiger partial charge < -0.3 is 0 Å². The molecule has 1 N–H and O–H groups in total. The third-order valence-electron chi connectivity index (χ3n) is 2.90. The minimum absolute atomic E-state index is 0.505. The number of hydrogen-bond acceptors (Lipinski definition) is 2. The Balaban J connectivity index is 2.39. The smallest absolute Gasteiger partial charge is 0.267 e. The van der Waals surface area contributed by atoms with Crippen molar-refractivity contribution in [3.05, 3.63) is 0 Å². The summed E-state index contributed by atoms with van der Waals surface area (Å²) < 4.78 is 30.3. The summed E-state index contributed by atoms with van der Waals surface area (Å²) in [5.41, 5.74) is 0. The zero-order valence-electron chi connectivity index (χ0n) is 8.07. The molecule has 78 valence electrons. The van der Waals surface area contributed by atoms with Gasteiger partial charge >= 0.3 is 0 Å². The molecule has 0 aromatic carbocycles. The molecule has 13 heavy (non-hydrogen) atoms. The first-order valence-corrected chi connectivity index (χ1v) is 6.47. The van der Waals surface area contributed by atoms with E-state index in [0.29, 0.717) is 12.3 Å². The van der Waals surface area contributed by atoms with Crippen LogP contribution in [0, 0.1) is 5.92 Å². The molecule has 1 unspecified atom stereocenters. The van der Waals surface area contributed by atoms with Crippen molar-refractivity contribution in [1.82, 2.24) is 0 Å². The highest BCUT2D eigenvalue weighted by molar-refractivity contribution is 7.86. The average Bonchev–Trinajstić information content (AvgIpc) is 2.04. The minimum atomic E-state index is -3.80. The van der Waals surface area contributed by atoms with Crippen LogP contribution in [-0.4, -0.2) is 18.2 Å². The molecule has 1 atom stereocenters. The second-order valence-electron chi connectivity index (χ2n) is 4.07. The largest absolute Gasteiger partial charge is 0.285 e. The van der Waals surface area contributed by atoms with Gasteiger partial charge in [-0.3, -0.25) is 4.55 Å². The summed E-state index contributed by atoms with van der Waals surface area (Å²) >= 11 is 0. The van der Waals surface area contributed by atoms with E-state index in [1.807, 2.05) is 0 Å². The van der Waals surface area contributed by atoms with Crippen LogP contribution in [0.1, 0.15) is 45.4 Å². The molecule has 1 fully saturated rings. The lowest BCUT2D eigenvalue weighted by atomic mass is 9.86. The summed E-state index contributed by atoms with van der Waals surface area (Å²) in [7, 11) is -3.80. The van der Waals surface area contributed by atoms with E-state index in [4.69, 9.17) is 4.55 Å². The highest BCUT2D eigenvalue weighted by atomic mass is 32.2. The van der Waals surface area contributed by atoms with Crippen molar-refractivity contribution in [3.63, 3.8) is 0 Å². The van der Waals surface area contributed by atoms with Crippen molar-refractivity contribution in [2.75, 3.05) is 0 Å². The Hall–Kier alpha value is -0.0900. The van der Waals surface area contributed by atoms with Crippen LogP contribution in [0.25, 0.3) is 0 Å². The summed E-state index contributed by atoms with van der Waals surface area (Å²) in [5.74, 6) is 0.505. The summed E-state index contributed by atoms with van der Waals surface area (Å²) in [6.45, 7) is 1.59. The first kappa shape index (κ1) is 11.0. The molecule has 3 nitrogen and oxygen atoms in total. The van der Waals surface area contributed by atoms with Crippen LogP contribution < -0.4 is 0 Å². The third kappa shape index (κ3) is 3.65. The fourth-order valence-corrected chi connectivity index (χ4v) is 2.53. The van der Waals surface area contributed by atoms with Crippen LogP contribution in [-0.2, 0) is 10.1 Å². The first-order chi connectivity index (χ1) is 6.00. The molecule has 0 aromatic rings. The van der Waals surface area contributed by atoms with Crippen LogP contribution in [0.4, 0.5) is 0 Å². The van der Waals surface area contributed by atoms with E-state index in [0.717, 1.165) is 12.8 Å². The molecule has 1 saturated carbocycles. The molecular formula is C9H18O3S. The van der Waals surface area contributed by atoms with Gasteiger partial charge in [0.25, 0.3) is 10.1 Å². The molecule has 1 aliphatic carbocycles. The summed E-state index contributed by atoms with van der Waals surface area (Å²) in [5, 5.41) is -0.587. The van der Waals surface area contributed by atoms with Gasteiger partial charge in [0.1, 0.15) is 0 Å². The fraction of sp³-hybridized carbons (Fsp3) is 1.00. The van der Waals surface area contributed by atoms with Crippen molar-refractivity contribution in [1.29, 1.82) is 0 Å². The third-order valence-corrected chi connectivity index (χ3v) is 4.11. The van der Waals surface area contributed by atoms with Gasteiger partial charge in [-0.25, -0.2) is 0 Å². The van der Waals surface area contributed by atoms with Crippen LogP contribution >= 0.6 is 0 Å². The van der Waals surface area contributed by atoms with Gasteiger partial charge in [-0.05, 0) is 19.3 Å². The highest BCUT2D eigenvalue weighted by Gasteiger charge is 2.23. The SMILES string of the molecule is CC(CC1CCCCC1)S(=O)(=O)O. The zero-order chi connectivity index (χ0) is 9.90. The van der Waals surface area contributed by atoms with E-state index in [1.54, 1.807) is 6.92 Å². The maximum atomic E-state index is 10.8. The van der Waals surface area contributed by atoms with Gasteiger partial charge in [0, 0.05) is 0 Å². The van der Waals surface area contributed by atoms with Crippen molar-refractivity contribution in [3.8, 4) is 0 Å². The molecule has 0 amide bonds. The van der Waals surface area contributed by atoms with Crippen LogP contribution in [0.15, 0.2) is 0 Å². The molecule has 0 aromatic heterocycles. The Kier molecular flexibility index (Phi) is 3.74. The lowest BCUT2D eigenvalue weighted by Crippen LogP contribution is -2.21. The Morgan fingerprint density at radius 3 is 2.31 bits per heavy atom. The molecule has 1 rings (SSSR count). The van der Waals surface area contributed by atoms with E-state index in [1.165, 1.54) is 19.3 Å². The van der Waals surface area contributed by atoms with Gasteiger partial charge in [-0.1, -0.05) is 32.1 Å². The van der Waals surface area contributed by atoms with Crippen molar-refractivity contribution in [2.24, 2.45) is 5.92 Å². The van der Waals surface area contributed by atoms with Crippen molar-refractivity contribution < 1.29 is 13.0 Å². The topological polar surface area (TPSA) is 54.4 Å². The summed E-state index contributed by atoms with van der Waals surface area (Å²) in [4.78, 5) is 0. The molecule has 0 radical (unpaired) electrons. The Labute approximate surface area is 80.3 Å². The van der Waals surface area contributed by atoms with Crippen LogP contribution in [0.5, 0.6) is 0 Å².